The van der Waals surface area contributed by atoms with Crippen molar-refractivity contribution in [1.82, 2.24) is 5.32 Å². The monoisotopic (exact) mass is 345 g/mol. The lowest BCUT2D eigenvalue weighted by Gasteiger charge is -2.11. The highest BCUT2D eigenvalue weighted by Crippen LogP contribution is 2.26. The maximum atomic E-state index is 12.0. The summed E-state index contributed by atoms with van der Waals surface area (Å²) in [6.07, 6.45) is 2.15. The zero-order valence-corrected chi connectivity index (χ0v) is 13.0. The molecule has 2 aromatic carbocycles. The molecule has 0 heterocycles. The van der Waals surface area contributed by atoms with Crippen LogP contribution in [0, 0.1) is 0 Å². The molecule has 1 fully saturated rings. The largest absolute Gasteiger partial charge is 0.397 e. The molecule has 5 heteroatoms. The zero-order valence-electron chi connectivity index (χ0n) is 11.4. The predicted octanol–water partition coefficient (Wildman–Crippen LogP) is 3.67. The molecule has 1 aliphatic carbocycles. The number of halogens is 1. The number of nitrogens with one attached hydrogen (secondary N) is 2. The first-order chi connectivity index (χ1) is 10.1. The number of anilines is 3. The first-order valence-electron chi connectivity index (χ1n) is 6.85. The first-order valence-corrected chi connectivity index (χ1v) is 7.64. The Morgan fingerprint density at radius 1 is 1.19 bits per heavy atom. The lowest BCUT2D eigenvalue weighted by Crippen LogP contribution is -2.25. The van der Waals surface area contributed by atoms with E-state index in [0.29, 0.717) is 17.3 Å². The van der Waals surface area contributed by atoms with E-state index in [2.05, 4.69) is 26.6 Å². The number of hydrogen-bond donors (Lipinski definition) is 3. The summed E-state index contributed by atoms with van der Waals surface area (Å²) >= 11 is 3.43. The second-order valence-electron chi connectivity index (χ2n) is 5.19. The molecule has 1 aliphatic rings. The Morgan fingerprint density at radius 2 is 2.00 bits per heavy atom. The normalized spacial score (nSPS) is 13.8. The van der Waals surface area contributed by atoms with Gasteiger partial charge in [-0.2, -0.15) is 0 Å². The van der Waals surface area contributed by atoms with Crippen LogP contribution in [-0.4, -0.2) is 11.9 Å². The SMILES string of the molecule is Nc1cc(C(=O)NC2CC2)ccc1Nc1cccc(Br)c1. The molecule has 0 unspecified atom stereocenters. The molecule has 3 rings (SSSR count). The average molecular weight is 346 g/mol. The number of rotatable bonds is 4. The van der Waals surface area contributed by atoms with Gasteiger partial charge in [-0.3, -0.25) is 4.79 Å². The van der Waals surface area contributed by atoms with Gasteiger partial charge >= 0.3 is 0 Å². The molecular formula is C16H16BrN3O. The molecule has 1 amide bonds. The third-order valence-corrected chi connectivity index (χ3v) is 3.82. The van der Waals surface area contributed by atoms with Crippen LogP contribution in [0.1, 0.15) is 23.2 Å². The van der Waals surface area contributed by atoms with Crippen molar-refractivity contribution in [3.63, 3.8) is 0 Å². The van der Waals surface area contributed by atoms with Crippen LogP contribution in [0.25, 0.3) is 0 Å². The highest BCUT2D eigenvalue weighted by molar-refractivity contribution is 9.10. The van der Waals surface area contributed by atoms with Crippen LogP contribution in [-0.2, 0) is 0 Å². The molecule has 0 bridgehead atoms. The molecule has 21 heavy (non-hydrogen) atoms. The van der Waals surface area contributed by atoms with Crippen LogP contribution < -0.4 is 16.4 Å². The molecule has 0 spiro atoms. The van der Waals surface area contributed by atoms with E-state index < -0.39 is 0 Å². The number of hydrogen-bond acceptors (Lipinski definition) is 3. The number of benzene rings is 2. The molecule has 0 atom stereocenters. The maximum Gasteiger partial charge on any atom is 0.251 e. The van der Waals surface area contributed by atoms with Gasteiger partial charge in [0.05, 0.1) is 11.4 Å². The second-order valence-corrected chi connectivity index (χ2v) is 6.10. The zero-order chi connectivity index (χ0) is 14.8. The number of carbonyl (C=O) groups is 1. The van der Waals surface area contributed by atoms with Crippen LogP contribution in [0.4, 0.5) is 17.1 Å². The molecule has 2 aromatic rings. The summed E-state index contributed by atoms with van der Waals surface area (Å²) in [7, 11) is 0. The van der Waals surface area contributed by atoms with Gasteiger partial charge in [0.2, 0.25) is 0 Å². The van der Waals surface area contributed by atoms with Gasteiger partial charge in [-0.05, 0) is 49.2 Å². The fourth-order valence-corrected chi connectivity index (χ4v) is 2.44. The molecule has 4 nitrogen and oxygen atoms in total. The minimum Gasteiger partial charge on any atom is -0.397 e. The molecular weight excluding hydrogens is 330 g/mol. The molecule has 108 valence electrons. The number of carbonyl (C=O) groups excluding carboxylic acids is 1. The van der Waals surface area contributed by atoms with E-state index in [1.807, 2.05) is 30.3 Å². The Morgan fingerprint density at radius 3 is 2.67 bits per heavy atom. The van der Waals surface area contributed by atoms with Gasteiger partial charge in [0.1, 0.15) is 0 Å². The Balaban J connectivity index is 1.76. The van der Waals surface area contributed by atoms with Crippen LogP contribution in [0.15, 0.2) is 46.9 Å². The summed E-state index contributed by atoms with van der Waals surface area (Å²) in [4.78, 5) is 12.0. The van der Waals surface area contributed by atoms with Crippen LogP contribution >= 0.6 is 15.9 Å². The third-order valence-electron chi connectivity index (χ3n) is 3.33. The van der Waals surface area contributed by atoms with Crippen molar-refractivity contribution >= 4 is 38.9 Å². The Kier molecular flexibility index (Phi) is 3.84. The minimum absolute atomic E-state index is 0.0572. The van der Waals surface area contributed by atoms with Gasteiger partial charge in [0.25, 0.3) is 5.91 Å². The third kappa shape index (κ3) is 3.55. The Labute approximate surface area is 131 Å². The molecule has 0 radical (unpaired) electrons. The van der Waals surface area contributed by atoms with Crippen molar-refractivity contribution in [2.75, 3.05) is 11.1 Å². The first kappa shape index (κ1) is 13.9. The molecule has 0 aliphatic heterocycles. The summed E-state index contributed by atoms with van der Waals surface area (Å²) in [5, 5.41) is 6.20. The van der Waals surface area contributed by atoms with Crippen LogP contribution in [0.5, 0.6) is 0 Å². The summed E-state index contributed by atoms with van der Waals surface area (Å²) in [5.74, 6) is -0.0572. The number of amides is 1. The van der Waals surface area contributed by atoms with E-state index in [0.717, 1.165) is 28.7 Å². The standard InChI is InChI=1S/C16H16BrN3O/c17-11-2-1-3-13(9-11)19-15-7-4-10(8-14(15)18)16(21)20-12-5-6-12/h1-4,7-9,12,19H,5-6,18H2,(H,20,21). The minimum atomic E-state index is -0.0572. The predicted molar refractivity (Wildman–Crippen MR) is 88.8 cm³/mol. The van der Waals surface area contributed by atoms with Crippen LogP contribution in [0.2, 0.25) is 0 Å². The van der Waals surface area contributed by atoms with Crippen molar-refractivity contribution in [2.45, 2.75) is 18.9 Å². The quantitative estimate of drug-likeness (QED) is 0.740. The van der Waals surface area contributed by atoms with E-state index in [1.165, 1.54) is 0 Å². The highest BCUT2D eigenvalue weighted by Gasteiger charge is 2.23. The summed E-state index contributed by atoms with van der Waals surface area (Å²) in [6, 6.07) is 13.5. The van der Waals surface area contributed by atoms with Crippen molar-refractivity contribution in [3.8, 4) is 0 Å². The van der Waals surface area contributed by atoms with Crippen molar-refractivity contribution < 1.29 is 4.79 Å². The van der Waals surface area contributed by atoms with Gasteiger partial charge < -0.3 is 16.4 Å². The summed E-state index contributed by atoms with van der Waals surface area (Å²) in [5.41, 5.74) is 8.91. The van der Waals surface area contributed by atoms with Crippen molar-refractivity contribution in [3.05, 3.63) is 52.5 Å². The van der Waals surface area contributed by atoms with E-state index in [9.17, 15) is 4.79 Å². The number of nitrogens with two attached hydrogens (primary N) is 1. The molecule has 0 saturated heterocycles. The topological polar surface area (TPSA) is 67.2 Å². The van der Waals surface area contributed by atoms with Crippen molar-refractivity contribution in [1.29, 1.82) is 0 Å². The van der Waals surface area contributed by atoms with Gasteiger partial charge in [0.15, 0.2) is 0 Å². The molecule has 1 saturated carbocycles. The van der Waals surface area contributed by atoms with Gasteiger partial charge in [-0.15, -0.1) is 0 Å². The van der Waals surface area contributed by atoms with Crippen molar-refractivity contribution in [2.24, 2.45) is 0 Å². The Bertz CT molecular complexity index is 683. The van der Waals surface area contributed by atoms with Gasteiger partial charge in [-0.1, -0.05) is 22.0 Å². The maximum absolute atomic E-state index is 12.0. The smallest absolute Gasteiger partial charge is 0.251 e. The summed E-state index contributed by atoms with van der Waals surface area (Å²) in [6.45, 7) is 0. The van der Waals surface area contributed by atoms with E-state index in [4.69, 9.17) is 5.73 Å². The fraction of sp³-hybridized carbons (Fsp3) is 0.188. The number of nitrogen functional groups attached to an aromatic ring is 1. The summed E-state index contributed by atoms with van der Waals surface area (Å²) < 4.78 is 0.992. The lowest BCUT2D eigenvalue weighted by molar-refractivity contribution is 0.0951. The van der Waals surface area contributed by atoms with Gasteiger partial charge in [-0.25, -0.2) is 0 Å². The average Bonchev–Trinajstić information content (AvgIpc) is 3.25. The Hall–Kier alpha value is -2.01. The van der Waals surface area contributed by atoms with Crippen LogP contribution in [0.3, 0.4) is 0 Å². The highest BCUT2D eigenvalue weighted by atomic mass is 79.9. The second kappa shape index (κ2) is 5.77. The lowest BCUT2D eigenvalue weighted by atomic mass is 10.1. The van der Waals surface area contributed by atoms with E-state index in [-0.39, 0.29) is 5.91 Å². The molecule has 4 N–H and O–H groups in total. The van der Waals surface area contributed by atoms with E-state index >= 15 is 0 Å². The molecule has 0 aromatic heterocycles. The van der Waals surface area contributed by atoms with E-state index in [1.54, 1.807) is 12.1 Å². The fourth-order valence-electron chi connectivity index (χ4n) is 2.04. The van der Waals surface area contributed by atoms with Gasteiger partial charge in [0, 0.05) is 21.8 Å².